The van der Waals surface area contributed by atoms with E-state index in [1.807, 2.05) is 13.0 Å². The van der Waals surface area contributed by atoms with E-state index in [-0.39, 0.29) is 0 Å². The summed E-state index contributed by atoms with van der Waals surface area (Å²) in [4.78, 5) is 8.34. The fraction of sp³-hybridized carbons (Fsp3) is 0.636. The monoisotopic (exact) mass is 209 g/mol. The highest BCUT2D eigenvalue weighted by Gasteiger charge is 2.01. The Labute approximate surface area is 91.1 Å². The van der Waals surface area contributed by atoms with Crippen LogP contribution in [0.2, 0.25) is 0 Å². The van der Waals surface area contributed by atoms with Crippen molar-refractivity contribution in [3.8, 4) is 0 Å². The third kappa shape index (κ3) is 4.25. The zero-order valence-electron chi connectivity index (χ0n) is 9.66. The molecule has 4 nitrogen and oxygen atoms in total. The van der Waals surface area contributed by atoms with Crippen LogP contribution in [0, 0.1) is 0 Å². The first kappa shape index (κ1) is 11.9. The predicted molar refractivity (Wildman–Crippen MR) is 61.1 cm³/mol. The summed E-state index contributed by atoms with van der Waals surface area (Å²) in [7, 11) is 0. The van der Waals surface area contributed by atoms with Crippen LogP contribution >= 0.6 is 0 Å². The molecule has 0 aliphatic carbocycles. The highest BCUT2D eigenvalue weighted by Crippen LogP contribution is 2.13. The average Bonchev–Trinajstić information content (AvgIpc) is 2.25. The number of nitrogens with zero attached hydrogens (tertiary/aromatic N) is 2. The molecule has 1 aromatic heterocycles. The lowest BCUT2D eigenvalue weighted by atomic mass is 10.1. The van der Waals surface area contributed by atoms with E-state index in [0.29, 0.717) is 12.5 Å². The number of aromatic nitrogens is 2. The summed E-state index contributed by atoms with van der Waals surface area (Å²) in [6.45, 7) is 8.46. The Balaban J connectivity index is 2.43. The molecular formula is C11H19N3O. The van der Waals surface area contributed by atoms with Crippen LogP contribution in [0.15, 0.2) is 12.4 Å². The summed E-state index contributed by atoms with van der Waals surface area (Å²) in [6.07, 6.45) is 1.60. The quantitative estimate of drug-likeness (QED) is 0.728. The Hall–Kier alpha value is -1.16. The van der Waals surface area contributed by atoms with E-state index in [2.05, 4.69) is 29.1 Å². The molecule has 0 spiro atoms. The molecule has 1 heterocycles. The van der Waals surface area contributed by atoms with Crippen molar-refractivity contribution in [3.63, 3.8) is 0 Å². The van der Waals surface area contributed by atoms with Gasteiger partial charge in [-0.2, -0.15) is 0 Å². The minimum absolute atomic E-state index is 0.431. The van der Waals surface area contributed by atoms with Gasteiger partial charge in [-0.05, 0) is 12.8 Å². The molecule has 1 N–H and O–H groups in total. The van der Waals surface area contributed by atoms with Gasteiger partial charge in [-0.15, -0.1) is 0 Å². The molecule has 1 aromatic rings. The second-order valence-electron chi connectivity index (χ2n) is 3.61. The van der Waals surface area contributed by atoms with E-state index in [9.17, 15) is 0 Å². The number of hydrogen-bond acceptors (Lipinski definition) is 4. The largest absolute Gasteiger partial charge is 0.380 e. The molecule has 0 bridgehead atoms. The topological polar surface area (TPSA) is 47.0 Å². The average molecular weight is 209 g/mol. The standard InChI is InChI=1S/C11H19N3O/c1-4-15-6-5-12-11-7-10(9(2)3)13-8-14-11/h7-9H,4-6H2,1-3H3,(H,12,13,14). The van der Waals surface area contributed by atoms with Crippen LogP contribution in [0.1, 0.15) is 32.4 Å². The fourth-order valence-corrected chi connectivity index (χ4v) is 1.18. The molecule has 0 aromatic carbocycles. The van der Waals surface area contributed by atoms with Gasteiger partial charge in [0.2, 0.25) is 0 Å². The van der Waals surface area contributed by atoms with Gasteiger partial charge in [-0.25, -0.2) is 9.97 Å². The van der Waals surface area contributed by atoms with Gasteiger partial charge in [0.1, 0.15) is 12.1 Å². The summed E-state index contributed by atoms with van der Waals surface area (Å²) in [5.41, 5.74) is 1.06. The van der Waals surface area contributed by atoms with Crippen LogP contribution in [0.3, 0.4) is 0 Å². The number of anilines is 1. The van der Waals surface area contributed by atoms with Gasteiger partial charge in [0, 0.05) is 24.9 Å². The third-order valence-electron chi connectivity index (χ3n) is 2.04. The minimum atomic E-state index is 0.431. The molecule has 84 valence electrons. The van der Waals surface area contributed by atoms with Crippen molar-refractivity contribution < 1.29 is 4.74 Å². The van der Waals surface area contributed by atoms with Gasteiger partial charge < -0.3 is 10.1 Å². The van der Waals surface area contributed by atoms with Crippen LogP contribution in [0.5, 0.6) is 0 Å². The van der Waals surface area contributed by atoms with Gasteiger partial charge in [0.05, 0.1) is 6.61 Å². The van der Waals surface area contributed by atoms with E-state index in [0.717, 1.165) is 24.7 Å². The Kier molecular flexibility index (Phi) is 5.04. The van der Waals surface area contributed by atoms with Gasteiger partial charge >= 0.3 is 0 Å². The van der Waals surface area contributed by atoms with Gasteiger partial charge in [-0.3, -0.25) is 0 Å². The molecule has 0 aliphatic heterocycles. The van der Waals surface area contributed by atoms with Crippen LogP contribution in [0.25, 0.3) is 0 Å². The maximum atomic E-state index is 5.23. The summed E-state index contributed by atoms with van der Waals surface area (Å²) in [5.74, 6) is 1.30. The first-order chi connectivity index (χ1) is 7.24. The van der Waals surface area contributed by atoms with Crippen molar-refractivity contribution in [2.24, 2.45) is 0 Å². The van der Waals surface area contributed by atoms with E-state index in [1.165, 1.54) is 0 Å². The van der Waals surface area contributed by atoms with Crippen LogP contribution in [-0.2, 0) is 4.74 Å². The number of ether oxygens (including phenoxy) is 1. The molecule has 0 fully saturated rings. The molecule has 0 saturated carbocycles. The SMILES string of the molecule is CCOCCNc1cc(C(C)C)ncn1. The third-order valence-corrected chi connectivity index (χ3v) is 2.04. The second kappa shape index (κ2) is 6.35. The summed E-state index contributed by atoms with van der Waals surface area (Å²) < 4.78 is 5.23. The maximum absolute atomic E-state index is 5.23. The number of hydrogen-bond donors (Lipinski definition) is 1. The molecule has 0 unspecified atom stereocenters. The van der Waals surface area contributed by atoms with Gasteiger partial charge in [0.15, 0.2) is 0 Å². The molecule has 0 aliphatic rings. The highest BCUT2D eigenvalue weighted by molar-refractivity contribution is 5.35. The first-order valence-corrected chi connectivity index (χ1v) is 5.37. The van der Waals surface area contributed by atoms with Crippen molar-refractivity contribution in [1.29, 1.82) is 0 Å². The summed E-state index contributed by atoms with van der Waals surface area (Å²) >= 11 is 0. The zero-order valence-corrected chi connectivity index (χ0v) is 9.66. The van der Waals surface area contributed by atoms with Crippen molar-refractivity contribution in [2.45, 2.75) is 26.7 Å². The minimum Gasteiger partial charge on any atom is -0.380 e. The van der Waals surface area contributed by atoms with E-state index < -0.39 is 0 Å². The van der Waals surface area contributed by atoms with Crippen LogP contribution in [0.4, 0.5) is 5.82 Å². The molecule has 0 amide bonds. The van der Waals surface area contributed by atoms with Crippen molar-refractivity contribution in [1.82, 2.24) is 9.97 Å². The van der Waals surface area contributed by atoms with Gasteiger partial charge in [-0.1, -0.05) is 13.8 Å². The van der Waals surface area contributed by atoms with E-state index in [4.69, 9.17) is 4.74 Å². The highest BCUT2D eigenvalue weighted by atomic mass is 16.5. The van der Waals surface area contributed by atoms with E-state index >= 15 is 0 Å². The Bertz CT molecular complexity index is 289. The second-order valence-corrected chi connectivity index (χ2v) is 3.61. The first-order valence-electron chi connectivity index (χ1n) is 5.37. The van der Waals surface area contributed by atoms with Crippen LogP contribution < -0.4 is 5.32 Å². The Morgan fingerprint density at radius 2 is 2.20 bits per heavy atom. The Morgan fingerprint density at radius 1 is 1.40 bits per heavy atom. The number of nitrogens with one attached hydrogen (secondary N) is 1. The predicted octanol–water partition coefficient (Wildman–Crippen LogP) is 2.05. The molecule has 0 saturated heterocycles. The molecule has 0 radical (unpaired) electrons. The zero-order chi connectivity index (χ0) is 11.1. The lowest BCUT2D eigenvalue weighted by Crippen LogP contribution is -2.10. The fourth-order valence-electron chi connectivity index (χ4n) is 1.18. The van der Waals surface area contributed by atoms with Crippen molar-refractivity contribution >= 4 is 5.82 Å². The molecule has 0 atom stereocenters. The smallest absolute Gasteiger partial charge is 0.129 e. The summed E-state index contributed by atoms with van der Waals surface area (Å²) in [6, 6.07) is 1.98. The van der Waals surface area contributed by atoms with Gasteiger partial charge in [0.25, 0.3) is 0 Å². The van der Waals surface area contributed by atoms with Crippen molar-refractivity contribution in [2.75, 3.05) is 25.1 Å². The normalized spacial score (nSPS) is 10.7. The lowest BCUT2D eigenvalue weighted by molar-refractivity contribution is 0.158. The lowest BCUT2D eigenvalue weighted by Gasteiger charge is -2.08. The molecule has 4 heteroatoms. The maximum Gasteiger partial charge on any atom is 0.129 e. The molecule has 1 rings (SSSR count). The number of rotatable bonds is 6. The van der Waals surface area contributed by atoms with Crippen LogP contribution in [-0.4, -0.2) is 29.7 Å². The molecular weight excluding hydrogens is 190 g/mol. The van der Waals surface area contributed by atoms with Crippen molar-refractivity contribution in [3.05, 3.63) is 18.1 Å². The Morgan fingerprint density at radius 3 is 2.87 bits per heavy atom. The molecule has 15 heavy (non-hydrogen) atoms. The summed E-state index contributed by atoms with van der Waals surface area (Å²) in [5, 5.41) is 3.20. The van der Waals surface area contributed by atoms with E-state index in [1.54, 1.807) is 6.33 Å².